The SMILES string of the molecule is CCC(C)C(C(CC)OC)N(C)C(=O)CNC(=O)C(C(C)C)N(C)C(=O)OCc1ccc(NC(=O)CNC=O)cc1. The lowest BCUT2D eigenvalue weighted by Gasteiger charge is -2.37. The van der Waals surface area contributed by atoms with Crippen LogP contribution in [0.2, 0.25) is 0 Å². The predicted molar refractivity (Wildman–Crippen MR) is 156 cm³/mol. The second-order valence-corrected chi connectivity index (χ2v) is 10.4. The number of nitrogens with zero attached hydrogens (tertiary/aromatic N) is 2. The van der Waals surface area contributed by atoms with Gasteiger partial charge in [0.05, 0.1) is 25.2 Å². The summed E-state index contributed by atoms with van der Waals surface area (Å²) in [7, 11) is 4.84. The number of amides is 5. The second-order valence-electron chi connectivity index (χ2n) is 10.4. The van der Waals surface area contributed by atoms with E-state index in [1.54, 1.807) is 43.3 Å². The van der Waals surface area contributed by atoms with Crippen LogP contribution in [0.5, 0.6) is 0 Å². The molecule has 0 aliphatic carbocycles. The van der Waals surface area contributed by atoms with Crippen LogP contribution in [0.3, 0.4) is 0 Å². The minimum atomic E-state index is -0.856. The van der Waals surface area contributed by atoms with Gasteiger partial charge in [0.25, 0.3) is 0 Å². The van der Waals surface area contributed by atoms with E-state index in [1.807, 2.05) is 20.8 Å². The zero-order valence-electron chi connectivity index (χ0n) is 25.6. The predicted octanol–water partition coefficient (Wildman–Crippen LogP) is 2.38. The number of carbonyl (C=O) groups is 5. The summed E-state index contributed by atoms with van der Waals surface area (Å²) in [4.78, 5) is 63.8. The van der Waals surface area contributed by atoms with Crippen LogP contribution in [-0.4, -0.2) is 92.5 Å². The van der Waals surface area contributed by atoms with Gasteiger partial charge in [-0.3, -0.25) is 24.1 Å². The Labute approximate surface area is 243 Å². The summed E-state index contributed by atoms with van der Waals surface area (Å²) in [6.45, 7) is 9.37. The Morgan fingerprint density at radius 3 is 2.10 bits per heavy atom. The Morgan fingerprint density at radius 2 is 1.59 bits per heavy atom. The average Bonchev–Trinajstić information content (AvgIpc) is 2.95. The number of rotatable bonds is 17. The summed E-state index contributed by atoms with van der Waals surface area (Å²) < 4.78 is 11.0. The normalized spacial score (nSPS) is 13.8. The highest BCUT2D eigenvalue weighted by Gasteiger charge is 2.34. The summed E-state index contributed by atoms with van der Waals surface area (Å²) in [6, 6.07) is 5.67. The first-order valence-electron chi connectivity index (χ1n) is 13.9. The largest absolute Gasteiger partial charge is 0.445 e. The van der Waals surface area contributed by atoms with Crippen molar-refractivity contribution in [3.8, 4) is 0 Å². The van der Waals surface area contributed by atoms with Gasteiger partial charge in [0.1, 0.15) is 12.6 Å². The minimum absolute atomic E-state index is 0.0467. The molecule has 0 spiro atoms. The lowest BCUT2D eigenvalue weighted by Crippen LogP contribution is -2.54. The van der Waals surface area contributed by atoms with Crippen LogP contribution in [-0.2, 0) is 35.3 Å². The lowest BCUT2D eigenvalue weighted by molar-refractivity contribution is -0.138. The summed E-state index contributed by atoms with van der Waals surface area (Å²) in [5.74, 6) is -1.12. The zero-order chi connectivity index (χ0) is 31.1. The Hall–Kier alpha value is -3.67. The molecule has 5 amide bonds. The first kappa shape index (κ1) is 35.4. The van der Waals surface area contributed by atoms with Gasteiger partial charge in [-0.2, -0.15) is 0 Å². The highest BCUT2D eigenvalue weighted by molar-refractivity contribution is 5.93. The number of likely N-dealkylation sites (N-methyl/N-ethyl adjacent to an activating group) is 2. The molecule has 1 aromatic rings. The van der Waals surface area contributed by atoms with Crippen molar-refractivity contribution < 1.29 is 33.4 Å². The summed E-state index contributed by atoms with van der Waals surface area (Å²) in [5, 5.41) is 7.60. The van der Waals surface area contributed by atoms with E-state index >= 15 is 0 Å². The molecule has 0 saturated heterocycles. The highest BCUT2D eigenvalue weighted by Crippen LogP contribution is 2.21. The monoisotopic (exact) mass is 577 g/mol. The molecule has 12 nitrogen and oxygen atoms in total. The molecule has 0 aliphatic heterocycles. The Balaban J connectivity index is 2.76. The molecule has 0 radical (unpaired) electrons. The molecule has 4 atom stereocenters. The van der Waals surface area contributed by atoms with E-state index in [-0.39, 0.29) is 55.5 Å². The van der Waals surface area contributed by atoms with Gasteiger partial charge in [-0.25, -0.2) is 4.79 Å². The van der Waals surface area contributed by atoms with Gasteiger partial charge >= 0.3 is 6.09 Å². The fourth-order valence-electron chi connectivity index (χ4n) is 4.66. The molecule has 3 N–H and O–H groups in total. The quantitative estimate of drug-likeness (QED) is 0.241. The van der Waals surface area contributed by atoms with Crippen molar-refractivity contribution in [1.82, 2.24) is 20.4 Å². The van der Waals surface area contributed by atoms with Crippen molar-refractivity contribution in [2.75, 3.05) is 39.6 Å². The van der Waals surface area contributed by atoms with Gasteiger partial charge in [-0.1, -0.05) is 53.2 Å². The van der Waals surface area contributed by atoms with E-state index in [2.05, 4.69) is 29.8 Å². The molecule has 230 valence electrons. The number of carbonyl (C=O) groups excluding carboxylic acids is 5. The van der Waals surface area contributed by atoms with Crippen LogP contribution in [0, 0.1) is 11.8 Å². The van der Waals surface area contributed by atoms with Crippen molar-refractivity contribution in [1.29, 1.82) is 0 Å². The topological polar surface area (TPSA) is 146 Å². The summed E-state index contributed by atoms with van der Waals surface area (Å²) in [6.07, 6.45) is 1.24. The molecule has 4 unspecified atom stereocenters. The molecule has 12 heteroatoms. The van der Waals surface area contributed by atoms with Gasteiger partial charge in [0, 0.05) is 26.9 Å². The van der Waals surface area contributed by atoms with Crippen LogP contribution < -0.4 is 16.0 Å². The first-order valence-corrected chi connectivity index (χ1v) is 13.9. The Bertz CT molecular complexity index is 998. The van der Waals surface area contributed by atoms with Crippen molar-refractivity contribution in [2.45, 2.75) is 72.3 Å². The third kappa shape index (κ3) is 11.0. The van der Waals surface area contributed by atoms with Gasteiger partial charge in [-0.15, -0.1) is 0 Å². The number of benzene rings is 1. The molecular formula is C29H47N5O7. The van der Waals surface area contributed by atoms with E-state index in [1.165, 1.54) is 11.9 Å². The maximum Gasteiger partial charge on any atom is 0.410 e. The first-order chi connectivity index (χ1) is 19.4. The van der Waals surface area contributed by atoms with Gasteiger partial charge in [-0.05, 0) is 36.0 Å². The average molecular weight is 578 g/mol. The number of hydrogen-bond acceptors (Lipinski definition) is 7. The molecule has 0 bridgehead atoms. The molecule has 0 aliphatic rings. The number of hydrogen-bond donors (Lipinski definition) is 3. The second kappa shape index (κ2) is 17.9. The molecule has 41 heavy (non-hydrogen) atoms. The van der Waals surface area contributed by atoms with E-state index in [0.717, 1.165) is 12.8 Å². The van der Waals surface area contributed by atoms with E-state index in [0.29, 0.717) is 17.7 Å². The van der Waals surface area contributed by atoms with Crippen LogP contribution in [0.4, 0.5) is 10.5 Å². The Kier molecular flexibility index (Phi) is 15.4. The number of anilines is 1. The Morgan fingerprint density at radius 1 is 0.951 bits per heavy atom. The van der Waals surface area contributed by atoms with Crippen molar-refractivity contribution in [3.63, 3.8) is 0 Å². The zero-order valence-corrected chi connectivity index (χ0v) is 25.6. The molecule has 0 heterocycles. The summed E-state index contributed by atoms with van der Waals surface area (Å²) >= 11 is 0. The standard InChI is InChI=1S/C29H47N5O7/c1-9-20(5)27(23(10-2)40-8)33(6)25(37)16-31-28(38)26(19(3)4)34(7)29(39)41-17-21-11-13-22(14-12-21)32-24(36)15-30-18-35/h11-14,18-20,23,26-27H,9-10,15-17H2,1-8H3,(H,30,35)(H,31,38)(H,32,36). The molecule has 1 aromatic carbocycles. The van der Waals surface area contributed by atoms with Crippen LogP contribution >= 0.6 is 0 Å². The fraction of sp³-hybridized carbons (Fsp3) is 0.621. The maximum absolute atomic E-state index is 13.1. The van der Waals surface area contributed by atoms with E-state index < -0.39 is 18.0 Å². The van der Waals surface area contributed by atoms with Gasteiger partial charge in [0.2, 0.25) is 24.1 Å². The van der Waals surface area contributed by atoms with Crippen LogP contribution in [0.15, 0.2) is 24.3 Å². The maximum atomic E-state index is 13.1. The summed E-state index contributed by atoms with van der Waals surface area (Å²) in [5.41, 5.74) is 1.20. The molecule has 1 rings (SSSR count). The van der Waals surface area contributed by atoms with Gasteiger partial charge in [0.15, 0.2) is 0 Å². The number of ether oxygens (including phenoxy) is 2. The number of methoxy groups -OCH3 is 1. The van der Waals surface area contributed by atoms with E-state index in [9.17, 15) is 24.0 Å². The molecule has 0 fully saturated rings. The molecule has 0 aromatic heterocycles. The highest BCUT2D eigenvalue weighted by atomic mass is 16.6. The minimum Gasteiger partial charge on any atom is -0.445 e. The van der Waals surface area contributed by atoms with Crippen molar-refractivity contribution >= 4 is 35.9 Å². The van der Waals surface area contributed by atoms with Crippen LogP contribution in [0.1, 0.15) is 53.0 Å². The van der Waals surface area contributed by atoms with Crippen molar-refractivity contribution in [3.05, 3.63) is 29.8 Å². The smallest absolute Gasteiger partial charge is 0.410 e. The third-order valence-electron chi connectivity index (χ3n) is 7.12. The number of nitrogens with one attached hydrogen (secondary N) is 3. The van der Waals surface area contributed by atoms with E-state index in [4.69, 9.17) is 9.47 Å². The lowest BCUT2D eigenvalue weighted by atomic mass is 9.91. The van der Waals surface area contributed by atoms with Crippen molar-refractivity contribution in [2.24, 2.45) is 11.8 Å². The van der Waals surface area contributed by atoms with Crippen LogP contribution in [0.25, 0.3) is 0 Å². The van der Waals surface area contributed by atoms with Gasteiger partial charge < -0.3 is 30.3 Å². The fourth-order valence-corrected chi connectivity index (χ4v) is 4.66. The molecular weight excluding hydrogens is 530 g/mol. The third-order valence-corrected chi connectivity index (χ3v) is 7.12. The molecule has 0 saturated carbocycles.